The fourth-order valence-electron chi connectivity index (χ4n) is 2.38. The van der Waals surface area contributed by atoms with Crippen molar-refractivity contribution < 1.29 is 9.18 Å². The van der Waals surface area contributed by atoms with Gasteiger partial charge in [-0.15, -0.1) is 0 Å². The van der Waals surface area contributed by atoms with Crippen molar-refractivity contribution in [2.24, 2.45) is 4.99 Å². The zero-order chi connectivity index (χ0) is 18.2. The van der Waals surface area contributed by atoms with Crippen LogP contribution in [0.15, 0.2) is 47.5 Å². The topological polar surface area (TPSA) is 65.5 Å². The number of amides is 1. The minimum absolute atomic E-state index is 0.0308. The van der Waals surface area contributed by atoms with Crippen molar-refractivity contribution in [3.63, 3.8) is 0 Å². The Morgan fingerprint density at radius 2 is 1.92 bits per heavy atom. The second-order valence-corrected chi connectivity index (χ2v) is 5.77. The summed E-state index contributed by atoms with van der Waals surface area (Å²) in [6.45, 7) is 4.76. The minimum Gasteiger partial charge on any atom is -0.352 e. The molecule has 0 heterocycles. The van der Waals surface area contributed by atoms with Gasteiger partial charge in [0.1, 0.15) is 5.82 Å². The molecule has 6 heteroatoms. The van der Waals surface area contributed by atoms with Crippen LogP contribution in [0.4, 0.5) is 10.1 Å². The van der Waals surface area contributed by atoms with Crippen LogP contribution in [0.2, 0.25) is 0 Å². The second-order valence-electron chi connectivity index (χ2n) is 5.77. The summed E-state index contributed by atoms with van der Waals surface area (Å²) in [6.07, 6.45) is 0. The van der Waals surface area contributed by atoms with E-state index in [1.165, 1.54) is 23.3 Å². The Balaban J connectivity index is 1.82. The standard InChI is InChI=1S/C19H23FN4O/c1-13-7-8-15(14(2)9-13)11-22-19(21-3)23-12-18(25)24-17-6-4-5-16(20)10-17/h4-10H,11-12H2,1-3H3,(H,24,25)(H2,21,22,23). The van der Waals surface area contributed by atoms with Gasteiger partial charge in [-0.1, -0.05) is 29.8 Å². The van der Waals surface area contributed by atoms with Crippen LogP contribution in [0, 0.1) is 19.7 Å². The molecular formula is C19H23FN4O. The fourth-order valence-corrected chi connectivity index (χ4v) is 2.38. The van der Waals surface area contributed by atoms with E-state index in [0.717, 1.165) is 5.56 Å². The molecule has 0 radical (unpaired) electrons. The first-order valence-electron chi connectivity index (χ1n) is 8.04. The molecule has 1 amide bonds. The van der Waals surface area contributed by atoms with Gasteiger partial charge < -0.3 is 16.0 Å². The highest BCUT2D eigenvalue weighted by atomic mass is 19.1. The minimum atomic E-state index is -0.392. The monoisotopic (exact) mass is 342 g/mol. The van der Waals surface area contributed by atoms with E-state index in [1.54, 1.807) is 19.2 Å². The number of carbonyl (C=O) groups excluding carboxylic acids is 1. The summed E-state index contributed by atoms with van der Waals surface area (Å²) in [7, 11) is 1.64. The Morgan fingerprint density at radius 1 is 1.12 bits per heavy atom. The highest BCUT2D eigenvalue weighted by Crippen LogP contribution is 2.10. The van der Waals surface area contributed by atoms with Gasteiger partial charge in [-0.2, -0.15) is 0 Å². The molecule has 0 saturated carbocycles. The molecule has 0 saturated heterocycles. The Morgan fingerprint density at radius 3 is 2.60 bits per heavy atom. The quantitative estimate of drug-likeness (QED) is 0.578. The van der Waals surface area contributed by atoms with Crippen LogP contribution in [0.25, 0.3) is 0 Å². The van der Waals surface area contributed by atoms with Crippen LogP contribution in [-0.2, 0) is 11.3 Å². The highest BCUT2D eigenvalue weighted by Gasteiger charge is 2.06. The molecule has 5 nitrogen and oxygen atoms in total. The number of hydrogen-bond donors (Lipinski definition) is 3. The smallest absolute Gasteiger partial charge is 0.243 e. The second kappa shape index (κ2) is 8.82. The molecule has 2 aromatic carbocycles. The Bertz CT molecular complexity index is 774. The van der Waals surface area contributed by atoms with Crippen LogP contribution in [0.3, 0.4) is 0 Å². The van der Waals surface area contributed by atoms with E-state index in [9.17, 15) is 9.18 Å². The summed E-state index contributed by atoms with van der Waals surface area (Å²) in [5.41, 5.74) is 4.01. The lowest BCUT2D eigenvalue weighted by atomic mass is 10.1. The van der Waals surface area contributed by atoms with Gasteiger partial charge in [0.25, 0.3) is 0 Å². The molecule has 0 bridgehead atoms. The van der Waals surface area contributed by atoms with Gasteiger partial charge in [-0.25, -0.2) is 4.39 Å². The first kappa shape index (κ1) is 18.4. The van der Waals surface area contributed by atoms with E-state index in [-0.39, 0.29) is 12.5 Å². The van der Waals surface area contributed by atoms with E-state index in [0.29, 0.717) is 18.2 Å². The molecule has 0 unspecified atom stereocenters. The van der Waals surface area contributed by atoms with Gasteiger partial charge in [-0.05, 0) is 43.2 Å². The van der Waals surface area contributed by atoms with Crippen LogP contribution < -0.4 is 16.0 Å². The van der Waals surface area contributed by atoms with Gasteiger partial charge in [0, 0.05) is 19.3 Å². The maximum atomic E-state index is 13.1. The number of nitrogens with one attached hydrogen (secondary N) is 3. The number of guanidine groups is 1. The molecule has 0 aliphatic rings. The SMILES string of the molecule is CN=C(NCC(=O)Nc1cccc(F)c1)NCc1ccc(C)cc1C. The Labute approximate surface area is 147 Å². The van der Waals surface area contributed by atoms with Crippen molar-refractivity contribution in [3.05, 3.63) is 65.0 Å². The first-order chi connectivity index (χ1) is 12.0. The van der Waals surface area contributed by atoms with E-state index in [4.69, 9.17) is 0 Å². The van der Waals surface area contributed by atoms with Gasteiger partial charge in [-0.3, -0.25) is 9.79 Å². The average Bonchev–Trinajstić information content (AvgIpc) is 2.56. The number of carbonyl (C=O) groups is 1. The van der Waals surface area contributed by atoms with Gasteiger partial charge in [0.2, 0.25) is 5.91 Å². The Hall–Kier alpha value is -2.89. The maximum Gasteiger partial charge on any atom is 0.243 e. The van der Waals surface area contributed by atoms with Crippen LogP contribution in [-0.4, -0.2) is 25.5 Å². The number of hydrogen-bond acceptors (Lipinski definition) is 2. The van der Waals surface area contributed by atoms with Crippen LogP contribution in [0.1, 0.15) is 16.7 Å². The van der Waals surface area contributed by atoms with Crippen molar-refractivity contribution in [1.82, 2.24) is 10.6 Å². The summed E-state index contributed by atoms with van der Waals surface area (Å²) in [6, 6.07) is 12.0. The number of benzene rings is 2. The summed E-state index contributed by atoms with van der Waals surface area (Å²) in [4.78, 5) is 16.0. The predicted octanol–water partition coefficient (Wildman–Crippen LogP) is 2.75. The molecule has 132 valence electrons. The summed E-state index contributed by atoms with van der Waals surface area (Å²) in [5, 5.41) is 8.74. The van der Waals surface area contributed by atoms with E-state index >= 15 is 0 Å². The zero-order valence-electron chi connectivity index (χ0n) is 14.7. The molecule has 2 aromatic rings. The average molecular weight is 342 g/mol. The summed E-state index contributed by atoms with van der Waals surface area (Å²) >= 11 is 0. The number of rotatable bonds is 5. The molecule has 0 spiro atoms. The third-order valence-electron chi connectivity index (χ3n) is 3.69. The third-order valence-corrected chi connectivity index (χ3v) is 3.69. The van der Waals surface area contributed by atoms with Crippen molar-refractivity contribution in [2.75, 3.05) is 18.9 Å². The molecular weight excluding hydrogens is 319 g/mol. The lowest BCUT2D eigenvalue weighted by Crippen LogP contribution is -2.41. The third kappa shape index (κ3) is 5.91. The highest BCUT2D eigenvalue weighted by molar-refractivity contribution is 5.94. The first-order valence-corrected chi connectivity index (χ1v) is 8.04. The van der Waals surface area contributed by atoms with Crippen molar-refractivity contribution in [1.29, 1.82) is 0 Å². The predicted molar refractivity (Wildman–Crippen MR) is 99.1 cm³/mol. The fraction of sp³-hybridized carbons (Fsp3) is 0.263. The zero-order valence-corrected chi connectivity index (χ0v) is 14.7. The van der Waals surface area contributed by atoms with Crippen molar-refractivity contribution >= 4 is 17.6 Å². The lowest BCUT2D eigenvalue weighted by Gasteiger charge is -2.13. The van der Waals surface area contributed by atoms with E-state index in [1.807, 2.05) is 0 Å². The largest absolute Gasteiger partial charge is 0.352 e. The normalized spacial score (nSPS) is 11.1. The molecule has 3 N–H and O–H groups in total. The summed E-state index contributed by atoms with van der Waals surface area (Å²) in [5.74, 6) is -0.147. The van der Waals surface area contributed by atoms with Gasteiger partial charge >= 0.3 is 0 Å². The molecule has 0 aromatic heterocycles. The Kier molecular flexibility index (Phi) is 6.51. The molecule has 0 fully saturated rings. The molecule has 25 heavy (non-hydrogen) atoms. The van der Waals surface area contributed by atoms with Gasteiger partial charge in [0.15, 0.2) is 5.96 Å². The van der Waals surface area contributed by atoms with Gasteiger partial charge in [0.05, 0.1) is 6.54 Å². The molecule has 0 aliphatic carbocycles. The number of aryl methyl sites for hydroxylation is 2. The number of anilines is 1. The summed E-state index contributed by atoms with van der Waals surface area (Å²) < 4.78 is 13.1. The van der Waals surface area contributed by atoms with Crippen LogP contribution >= 0.6 is 0 Å². The number of halogens is 1. The maximum absolute atomic E-state index is 13.1. The molecule has 2 rings (SSSR count). The molecule has 0 aliphatic heterocycles. The van der Waals surface area contributed by atoms with Crippen molar-refractivity contribution in [3.8, 4) is 0 Å². The lowest BCUT2D eigenvalue weighted by molar-refractivity contribution is -0.115. The number of aliphatic imine (C=N–C) groups is 1. The van der Waals surface area contributed by atoms with Crippen LogP contribution in [0.5, 0.6) is 0 Å². The van der Waals surface area contributed by atoms with Crippen molar-refractivity contribution in [2.45, 2.75) is 20.4 Å². The number of nitrogens with zero attached hydrogens (tertiary/aromatic N) is 1. The molecule has 0 atom stereocenters. The van der Waals surface area contributed by atoms with E-state index < -0.39 is 5.82 Å². The van der Waals surface area contributed by atoms with E-state index in [2.05, 4.69) is 53.0 Å².